The van der Waals surface area contributed by atoms with Gasteiger partial charge in [0.1, 0.15) is 11.8 Å². The van der Waals surface area contributed by atoms with E-state index in [9.17, 15) is 10.1 Å². The number of carbonyl (C=O) groups excluding carboxylic acids is 1. The third-order valence-electron chi connectivity index (χ3n) is 4.67. The van der Waals surface area contributed by atoms with E-state index in [0.717, 1.165) is 27.9 Å². The van der Waals surface area contributed by atoms with E-state index in [2.05, 4.69) is 27.8 Å². The van der Waals surface area contributed by atoms with Crippen molar-refractivity contribution in [3.63, 3.8) is 0 Å². The van der Waals surface area contributed by atoms with Gasteiger partial charge in [0.2, 0.25) is 0 Å². The Kier molecular flexibility index (Phi) is 6.85. The molecule has 0 saturated carbocycles. The minimum Gasteiger partial charge on any atom is -0.491 e. The van der Waals surface area contributed by atoms with Crippen LogP contribution in [-0.2, 0) is 11.3 Å². The molecular weight excluding hydrogens is 390 g/mol. The number of rotatable bonds is 6. The average molecular weight is 415 g/mol. The van der Waals surface area contributed by atoms with Crippen LogP contribution >= 0.6 is 0 Å². The van der Waals surface area contributed by atoms with Crippen molar-refractivity contribution in [3.8, 4) is 34.9 Å². The fourth-order valence-electron chi connectivity index (χ4n) is 3.49. The van der Waals surface area contributed by atoms with Crippen molar-refractivity contribution in [1.29, 1.82) is 5.26 Å². The molecule has 0 fully saturated rings. The SMILES string of the molecule is CC#CCOC(=O)Nc1cccc(-c2c(C#N)c3ccc(OC(C)C)cc3n2CC)c1. The molecule has 6 nitrogen and oxygen atoms in total. The number of anilines is 1. The van der Waals surface area contributed by atoms with Gasteiger partial charge in [0.15, 0.2) is 6.61 Å². The van der Waals surface area contributed by atoms with Crippen LogP contribution in [0.1, 0.15) is 33.3 Å². The zero-order chi connectivity index (χ0) is 22.4. The van der Waals surface area contributed by atoms with E-state index in [4.69, 9.17) is 9.47 Å². The highest BCUT2D eigenvalue weighted by atomic mass is 16.5. The molecule has 31 heavy (non-hydrogen) atoms. The normalized spacial score (nSPS) is 10.3. The lowest BCUT2D eigenvalue weighted by Gasteiger charge is -2.12. The summed E-state index contributed by atoms with van der Waals surface area (Å²) in [6.45, 7) is 8.39. The first-order chi connectivity index (χ1) is 15.0. The predicted molar refractivity (Wildman–Crippen MR) is 122 cm³/mol. The van der Waals surface area contributed by atoms with Crippen LogP contribution in [0.3, 0.4) is 0 Å². The van der Waals surface area contributed by atoms with Crippen LogP contribution < -0.4 is 10.1 Å². The van der Waals surface area contributed by atoms with Gasteiger partial charge in [-0.1, -0.05) is 18.1 Å². The van der Waals surface area contributed by atoms with Gasteiger partial charge in [-0.15, -0.1) is 5.92 Å². The maximum absolute atomic E-state index is 12.0. The van der Waals surface area contributed by atoms with E-state index in [-0.39, 0.29) is 12.7 Å². The largest absolute Gasteiger partial charge is 0.491 e. The highest BCUT2D eigenvalue weighted by molar-refractivity contribution is 5.96. The number of hydrogen-bond acceptors (Lipinski definition) is 4. The number of fused-ring (bicyclic) bond motifs is 1. The standard InChI is InChI=1S/C25H25N3O3/c1-5-7-13-30-25(29)27-19-10-8-9-18(14-19)24-22(16-26)21-12-11-20(31-17(3)4)15-23(21)28(24)6-2/h8-12,14-15,17H,6,13H2,1-4H3,(H,27,29). The van der Waals surface area contributed by atoms with Crippen LogP contribution in [0.2, 0.25) is 0 Å². The van der Waals surface area contributed by atoms with Crippen molar-refractivity contribution in [2.24, 2.45) is 0 Å². The van der Waals surface area contributed by atoms with Crippen molar-refractivity contribution >= 4 is 22.7 Å². The van der Waals surface area contributed by atoms with Gasteiger partial charge in [0.05, 0.1) is 22.9 Å². The summed E-state index contributed by atoms with van der Waals surface area (Å²) in [6.07, 6.45) is -0.518. The summed E-state index contributed by atoms with van der Waals surface area (Å²) >= 11 is 0. The second-order valence-electron chi connectivity index (χ2n) is 7.13. The topological polar surface area (TPSA) is 76.3 Å². The van der Waals surface area contributed by atoms with Gasteiger partial charge >= 0.3 is 6.09 Å². The molecule has 158 valence electrons. The number of aryl methyl sites for hydroxylation is 1. The first-order valence-corrected chi connectivity index (χ1v) is 10.1. The van der Waals surface area contributed by atoms with Gasteiger partial charge in [0.25, 0.3) is 0 Å². The first kappa shape index (κ1) is 21.8. The minimum atomic E-state index is -0.577. The molecule has 6 heteroatoms. The Hall–Kier alpha value is -3.90. The first-order valence-electron chi connectivity index (χ1n) is 10.1. The molecule has 0 bridgehead atoms. The van der Waals surface area contributed by atoms with E-state index in [1.165, 1.54) is 0 Å². The van der Waals surface area contributed by atoms with Crippen molar-refractivity contribution < 1.29 is 14.3 Å². The average Bonchev–Trinajstić information content (AvgIpc) is 3.06. The Labute approximate surface area is 182 Å². The monoisotopic (exact) mass is 415 g/mol. The maximum atomic E-state index is 12.0. The summed E-state index contributed by atoms with van der Waals surface area (Å²) in [4.78, 5) is 12.0. The molecule has 0 atom stereocenters. The zero-order valence-corrected chi connectivity index (χ0v) is 18.2. The second-order valence-corrected chi connectivity index (χ2v) is 7.13. The molecule has 1 aromatic heterocycles. The maximum Gasteiger partial charge on any atom is 0.412 e. The molecule has 0 saturated heterocycles. The molecule has 1 heterocycles. The van der Waals surface area contributed by atoms with Crippen LogP contribution in [0.15, 0.2) is 42.5 Å². The van der Waals surface area contributed by atoms with Gasteiger partial charge in [-0.05, 0) is 52.0 Å². The molecule has 3 rings (SSSR count). The molecule has 3 aromatic rings. The number of nitrogens with zero attached hydrogens (tertiary/aromatic N) is 2. The van der Waals surface area contributed by atoms with Gasteiger partial charge < -0.3 is 14.0 Å². The molecular formula is C25H25N3O3. The van der Waals surface area contributed by atoms with E-state index in [0.29, 0.717) is 17.8 Å². The van der Waals surface area contributed by atoms with Crippen LogP contribution in [0.4, 0.5) is 10.5 Å². The lowest BCUT2D eigenvalue weighted by atomic mass is 10.1. The van der Waals surface area contributed by atoms with E-state index >= 15 is 0 Å². The summed E-state index contributed by atoms with van der Waals surface area (Å²) < 4.78 is 13.0. The third-order valence-corrected chi connectivity index (χ3v) is 4.67. The summed E-state index contributed by atoms with van der Waals surface area (Å²) in [6, 6.07) is 15.5. The molecule has 2 aromatic carbocycles. The predicted octanol–water partition coefficient (Wildman–Crippen LogP) is 5.56. The molecule has 1 N–H and O–H groups in total. The molecule has 0 radical (unpaired) electrons. The minimum absolute atomic E-state index is 0.0332. The summed E-state index contributed by atoms with van der Waals surface area (Å²) in [7, 11) is 0. The van der Waals surface area contributed by atoms with Crippen molar-refractivity contribution in [1.82, 2.24) is 4.57 Å². The number of nitrogens with one attached hydrogen (secondary N) is 1. The summed E-state index contributed by atoms with van der Waals surface area (Å²) in [5.74, 6) is 6.12. The Morgan fingerprint density at radius 1 is 1.23 bits per heavy atom. The number of carbonyl (C=O) groups is 1. The molecule has 0 aliphatic carbocycles. The number of nitriles is 1. The van der Waals surface area contributed by atoms with E-state index < -0.39 is 6.09 Å². The Morgan fingerprint density at radius 3 is 2.71 bits per heavy atom. The quantitative estimate of drug-likeness (QED) is 0.535. The van der Waals surface area contributed by atoms with Crippen molar-refractivity contribution in [2.45, 2.75) is 40.3 Å². The fourth-order valence-corrected chi connectivity index (χ4v) is 3.49. The van der Waals surface area contributed by atoms with Gasteiger partial charge in [-0.25, -0.2) is 4.79 Å². The number of benzene rings is 2. The smallest absolute Gasteiger partial charge is 0.412 e. The van der Waals surface area contributed by atoms with Gasteiger partial charge in [-0.2, -0.15) is 5.26 Å². The summed E-state index contributed by atoms with van der Waals surface area (Å²) in [5, 5.41) is 13.5. The Bertz CT molecular complexity index is 1210. The molecule has 0 aliphatic rings. The van der Waals surface area contributed by atoms with E-state index in [1.807, 2.05) is 57.2 Å². The van der Waals surface area contributed by atoms with Crippen molar-refractivity contribution in [3.05, 3.63) is 48.0 Å². The third kappa shape index (κ3) is 4.82. The van der Waals surface area contributed by atoms with Crippen LogP contribution in [0.5, 0.6) is 5.75 Å². The number of amides is 1. The van der Waals surface area contributed by atoms with Gasteiger partial charge in [0, 0.05) is 29.2 Å². The highest BCUT2D eigenvalue weighted by Crippen LogP contribution is 2.36. The number of hydrogen-bond donors (Lipinski definition) is 1. The molecule has 1 amide bonds. The molecule has 0 unspecified atom stereocenters. The molecule has 0 spiro atoms. The number of ether oxygens (including phenoxy) is 2. The van der Waals surface area contributed by atoms with Crippen LogP contribution in [0, 0.1) is 23.2 Å². The lowest BCUT2D eigenvalue weighted by molar-refractivity contribution is 0.176. The van der Waals surface area contributed by atoms with E-state index in [1.54, 1.807) is 13.0 Å². The van der Waals surface area contributed by atoms with Crippen molar-refractivity contribution in [2.75, 3.05) is 11.9 Å². The number of aromatic nitrogens is 1. The fraction of sp³-hybridized carbons (Fsp3) is 0.280. The lowest BCUT2D eigenvalue weighted by Crippen LogP contribution is -2.13. The zero-order valence-electron chi connectivity index (χ0n) is 18.2. The highest BCUT2D eigenvalue weighted by Gasteiger charge is 2.19. The Morgan fingerprint density at radius 2 is 2.03 bits per heavy atom. The summed E-state index contributed by atoms with van der Waals surface area (Å²) in [5.41, 5.74) is 3.73. The van der Waals surface area contributed by atoms with Gasteiger partial charge in [-0.3, -0.25) is 5.32 Å². The van der Waals surface area contributed by atoms with Crippen LogP contribution in [-0.4, -0.2) is 23.4 Å². The van der Waals surface area contributed by atoms with Crippen LogP contribution in [0.25, 0.3) is 22.2 Å². The molecule has 0 aliphatic heterocycles. The second kappa shape index (κ2) is 9.73. The Balaban J connectivity index is 2.04.